The molecule has 120 valence electrons. The van der Waals surface area contributed by atoms with Gasteiger partial charge in [0, 0.05) is 10.8 Å². The molecular formula is C14H11ClN2O4S2. The summed E-state index contributed by atoms with van der Waals surface area (Å²) in [7, 11) is -3.37. The predicted molar refractivity (Wildman–Crippen MR) is 86.2 cm³/mol. The molecule has 0 spiro atoms. The fraction of sp³-hybridized carbons (Fsp3) is 0.143. The Bertz CT molecular complexity index is 874. The zero-order valence-electron chi connectivity index (χ0n) is 11.7. The van der Waals surface area contributed by atoms with E-state index in [2.05, 4.69) is 10.2 Å². The number of aromatic nitrogens is 2. The van der Waals surface area contributed by atoms with Crippen molar-refractivity contribution in [3.05, 3.63) is 47.7 Å². The lowest BCUT2D eigenvalue weighted by atomic mass is 10.4. The van der Waals surface area contributed by atoms with Gasteiger partial charge in [-0.2, -0.15) is 0 Å². The molecule has 1 aromatic carbocycles. The number of thioether (sulfide) groups is 1. The third kappa shape index (κ3) is 3.95. The van der Waals surface area contributed by atoms with Crippen molar-refractivity contribution < 1.29 is 17.3 Å². The Labute approximate surface area is 141 Å². The molecule has 3 rings (SSSR count). The summed E-state index contributed by atoms with van der Waals surface area (Å²) in [5.74, 6) is 0.985. The fourth-order valence-electron chi connectivity index (χ4n) is 1.77. The minimum absolute atomic E-state index is 0.0439. The largest absolute Gasteiger partial charge is 0.459 e. The van der Waals surface area contributed by atoms with Crippen LogP contribution in [0.15, 0.2) is 61.6 Å². The second kappa shape index (κ2) is 6.77. The van der Waals surface area contributed by atoms with Gasteiger partial charge in [0.15, 0.2) is 15.6 Å². The van der Waals surface area contributed by atoms with Gasteiger partial charge in [-0.25, -0.2) is 8.42 Å². The molecule has 6 nitrogen and oxygen atoms in total. The summed E-state index contributed by atoms with van der Waals surface area (Å²) in [5.41, 5.74) is 0. The molecule has 0 aliphatic heterocycles. The third-order valence-corrected chi connectivity index (χ3v) is 5.95. The van der Waals surface area contributed by atoms with Gasteiger partial charge in [-0.1, -0.05) is 23.4 Å². The van der Waals surface area contributed by atoms with E-state index in [9.17, 15) is 8.42 Å². The second-order valence-electron chi connectivity index (χ2n) is 4.47. The van der Waals surface area contributed by atoms with E-state index < -0.39 is 9.84 Å². The molecule has 2 aromatic heterocycles. The van der Waals surface area contributed by atoms with Gasteiger partial charge >= 0.3 is 0 Å². The van der Waals surface area contributed by atoms with Crippen molar-refractivity contribution >= 4 is 33.2 Å². The van der Waals surface area contributed by atoms with Crippen LogP contribution in [0.25, 0.3) is 11.7 Å². The number of furan rings is 1. The summed E-state index contributed by atoms with van der Waals surface area (Å²) in [5, 5.41) is 8.49. The Kier molecular flexibility index (Phi) is 4.74. The highest BCUT2D eigenvalue weighted by molar-refractivity contribution is 8.00. The smallest absolute Gasteiger partial charge is 0.284 e. The van der Waals surface area contributed by atoms with Crippen LogP contribution in [-0.4, -0.2) is 30.1 Å². The highest BCUT2D eigenvalue weighted by Crippen LogP contribution is 2.24. The third-order valence-electron chi connectivity index (χ3n) is 2.89. The van der Waals surface area contributed by atoms with Gasteiger partial charge in [-0.15, -0.1) is 10.2 Å². The quantitative estimate of drug-likeness (QED) is 0.613. The molecule has 0 amide bonds. The number of hydrogen-bond donors (Lipinski definition) is 0. The van der Waals surface area contributed by atoms with Gasteiger partial charge in [-0.3, -0.25) is 0 Å². The molecule has 2 heterocycles. The second-order valence-corrected chi connectivity index (χ2v) is 8.06. The summed E-state index contributed by atoms with van der Waals surface area (Å²) >= 11 is 6.93. The number of benzene rings is 1. The van der Waals surface area contributed by atoms with Gasteiger partial charge in [-0.05, 0) is 36.4 Å². The van der Waals surface area contributed by atoms with Crippen LogP contribution < -0.4 is 0 Å². The highest BCUT2D eigenvalue weighted by atomic mass is 35.5. The molecule has 0 aliphatic carbocycles. The summed E-state index contributed by atoms with van der Waals surface area (Å²) < 4.78 is 34.9. The maximum atomic E-state index is 12.2. The van der Waals surface area contributed by atoms with Crippen molar-refractivity contribution in [3.63, 3.8) is 0 Å². The molecule has 0 radical (unpaired) electrons. The van der Waals surface area contributed by atoms with E-state index in [1.165, 1.54) is 30.2 Å². The van der Waals surface area contributed by atoms with Crippen molar-refractivity contribution in [2.45, 2.75) is 10.1 Å². The molecule has 23 heavy (non-hydrogen) atoms. The van der Waals surface area contributed by atoms with Gasteiger partial charge < -0.3 is 8.83 Å². The minimum Gasteiger partial charge on any atom is -0.459 e. The van der Waals surface area contributed by atoms with E-state index in [0.29, 0.717) is 21.8 Å². The number of nitrogens with zero attached hydrogens (tertiary/aromatic N) is 2. The first-order chi connectivity index (χ1) is 11.0. The molecule has 0 aliphatic rings. The first-order valence-electron chi connectivity index (χ1n) is 6.53. The lowest BCUT2D eigenvalue weighted by molar-refractivity contribution is 0.447. The van der Waals surface area contributed by atoms with Crippen molar-refractivity contribution in [1.29, 1.82) is 0 Å². The van der Waals surface area contributed by atoms with Crippen molar-refractivity contribution in [2.75, 3.05) is 11.5 Å². The summed E-state index contributed by atoms with van der Waals surface area (Å²) in [6.45, 7) is 0. The van der Waals surface area contributed by atoms with E-state index in [1.54, 1.807) is 24.3 Å². The van der Waals surface area contributed by atoms with Gasteiger partial charge in [0.2, 0.25) is 0 Å². The minimum atomic E-state index is -3.37. The van der Waals surface area contributed by atoms with E-state index in [0.717, 1.165) is 0 Å². The Morgan fingerprint density at radius 2 is 1.91 bits per heavy atom. The summed E-state index contributed by atoms with van der Waals surface area (Å²) in [4.78, 5) is 0.240. The predicted octanol–water partition coefficient (Wildman–Crippen LogP) is 3.55. The van der Waals surface area contributed by atoms with Gasteiger partial charge in [0.05, 0.1) is 16.9 Å². The average molecular weight is 371 g/mol. The molecule has 0 unspecified atom stereocenters. The molecule has 9 heteroatoms. The van der Waals surface area contributed by atoms with Crippen LogP contribution >= 0.6 is 23.4 Å². The zero-order valence-corrected chi connectivity index (χ0v) is 14.1. The molecule has 0 atom stereocenters. The van der Waals surface area contributed by atoms with Crippen LogP contribution in [0.4, 0.5) is 0 Å². The fourth-order valence-corrected chi connectivity index (χ4v) is 4.30. The Morgan fingerprint density at radius 3 is 2.61 bits per heavy atom. The standard InChI is InChI=1S/C14H11ClN2O4S2/c15-10-3-5-11(6-4-10)23(18,19)9-8-22-14-17-16-13(21-14)12-2-1-7-20-12/h1-7H,8-9H2. The Hall–Kier alpha value is -1.77. The monoisotopic (exact) mass is 370 g/mol. The molecule has 0 saturated heterocycles. The number of sulfone groups is 1. The van der Waals surface area contributed by atoms with E-state index in [4.69, 9.17) is 20.4 Å². The maximum absolute atomic E-state index is 12.2. The lowest BCUT2D eigenvalue weighted by Gasteiger charge is -2.03. The first-order valence-corrected chi connectivity index (χ1v) is 9.55. The average Bonchev–Trinajstić information content (AvgIpc) is 3.18. The van der Waals surface area contributed by atoms with Crippen LogP contribution in [0.2, 0.25) is 5.02 Å². The lowest BCUT2D eigenvalue weighted by Crippen LogP contribution is -2.08. The van der Waals surface area contributed by atoms with Crippen molar-refractivity contribution in [2.24, 2.45) is 0 Å². The van der Waals surface area contributed by atoms with Crippen LogP contribution in [0.1, 0.15) is 0 Å². The molecule has 0 fully saturated rings. The normalized spacial score (nSPS) is 11.7. The van der Waals surface area contributed by atoms with Gasteiger partial charge in [0.1, 0.15) is 0 Å². The van der Waals surface area contributed by atoms with Crippen LogP contribution in [0, 0.1) is 0 Å². The Balaban J connectivity index is 1.60. The molecule has 0 N–H and O–H groups in total. The SMILES string of the molecule is O=S(=O)(CCSc1nnc(-c2ccco2)o1)c1ccc(Cl)cc1. The first kappa shape index (κ1) is 16.1. The van der Waals surface area contributed by atoms with Gasteiger partial charge in [0.25, 0.3) is 11.1 Å². The van der Waals surface area contributed by atoms with E-state index >= 15 is 0 Å². The highest BCUT2D eigenvalue weighted by Gasteiger charge is 2.16. The molecular weight excluding hydrogens is 360 g/mol. The maximum Gasteiger partial charge on any atom is 0.284 e. The number of rotatable bonds is 6. The van der Waals surface area contributed by atoms with Crippen LogP contribution in [-0.2, 0) is 9.84 Å². The number of halogens is 1. The van der Waals surface area contributed by atoms with Crippen LogP contribution in [0.5, 0.6) is 0 Å². The molecule has 0 saturated carbocycles. The molecule has 3 aromatic rings. The topological polar surface area (TPSA) is 86.2 Å². The summed E-state index contributed by atoms with van der Waals surface area (Å²) in [6.07, 6.45) is 1.51. The molecule has 0 bridgehead atoms. The Morgan fingerprint density at radius 1 is 1.13 bits per heavy atom. The van der Waals surface area contributed by atoms with Crippen molar-refractivity contribution in [3.8, 4) is 11.7 Å². The van der Waals surface area contributed by atoms with Crippen LogP contribution in [0.3, 0.4) is 0 Å². The van der Waals surface area contributed by atoms with E-state index in [-0.39, 0.29) is 16.5 Å². The summed E-state index contributed by atoms with van der Waals surface area (Å²) in [6, 6.07) is 9.50. The van der Waals surface area contributed by atoms with Crippen molar-refractivity contribution in [1.82, 2.24) is 10.2 Å². The number of hydrogen-bond acceptors (Lipinski definition) is 7. The zero-order chi connectivity index (χ0) is 16.3. The van der Waals surface area contributed by atoms with E-state index in [1.807, 2.05) is 0 Å².